The molecule has 13 heavy (non-hydrogen) atoms. The van der Waals surface area contributed by atoms with Gasteiger partial charge in [-0.3, -0.25) is 0 Å². The van der Waals surface area contributed by atoms with E-state index in [1.165, 1.54) is 11.1 Å². The quantitative estimate of drug-likeness (QED) is 0.696. The summed E-state index contributed by atoms with van der Waals surface area (Å²) in [4.78, 5) is 0. The van der Waals surface area contributed by atoms with Crippen LogP contribution in [0.25, 0.3) is 0 Å². The molecule has 70 valence electrons. The summed E-state index contributed by atoms with van der Waals surface area (Å²) in [6, 6.07) is 6.05. The van der Waals surface area contributed by atoms with Gasteiger partial charge in [0.05, 0.1) is 6.04 Å². The lowest BCUT2D eigenvalue weighted by Crippen LogP contribution is -2.31. The van der Waals surface area contributed by atoms with E-state index in [0.29, 0.717) is 0 Å². The van der Waals surface area contributed by atoms with Gasteiger partial charge in [-0.25, -0.2) is 4.39 Å². The molecule has 0 aromatic heterocycles. The Balaban J connectivity index is 2.45. The van der Waals surface area contributed by atoms with E-state index in [-0.39, 0.29) is 12.7 Å². The Morgan fingerprint density at radius 3 is 3.15 bits per heavy atom. The van der Waals surface area contributed by atoms with Gasteiger partial charge in [-0.15, -0.1) is 0 Å². The zero-order valence-corrected chi connectivity index (χ0v) is 7.81. The van der Waals surface area contributed by atoms with Gasteiger partial charge in [0.2, 0.25) is 0 Å². The zero-order valence-electron chi connectivity index (χ0n) is 7.81. The Labute approximate surface area is 78.0 Å². The average molecular weight is 179 g/mol. The number of hydrogen-bond acceptors (Lipinski definition) is 1. The molecule has 1 aromatic carbocycles. The highest BCUT2D eigenvalue weighted by molar-refractivity contribution is 5.38. The predicted octanol–water partition coefficient (Wildman–Crippen LogP) is 2.15. The molecule has 1 aromatic rings. The Hall–Kier alpha value is -0.890. The van der Waals surface area contributed by atoms with Gasteiger partial charge in [-0.05, 0) is 36.6 Å². The topological polar surface area (TPSA) is 12.0 Å². The summed E-state index contributed by atoms with van der Waals surface area (Å²) in [5.41, 5.74) is 3.77. The Morgan fingerprint density at radius 1 is 1.54 bits per heavy atom. The third kappa shape index (κ3) is 1.46. The summed E-state index contributed by atoms with van der Waals surface area (Å²) in [5.74, 6) is 0. The van der Waals surface area contributed by atoms with Gasteiger partial charge in [-0.1, -0.05) is 18.2 Å². The molecule has 0 saturated carbocycles. The van der Waals surface area contributed by atoms with Gasteiger partial charge in [0.25, 0.3) is 0 Å². The molecule has 0 radical (unpaired) electrons. The number of aryl methyl sites for hydroxylation is 1. The van der Waals surface area contributed by atoms with Gasteiger partial charge in [0.15, 0.2) is 0 Å². The van der Waals surface area contributed by atoms with E-state index in [9.17, 15) is 4.39 Å². The lowest BCUT2D eigenvalue weighted by Gasteiger charge is -2.25. The first-order valence-corrected chi connectivity index (χ1v) is 4.70. The lowest BCUT2D eigenvalue weighted by molar-refractivity contribution is 0.370. The van der Waals surface area contributed by atoms with Crippen LogP contribution >= 0.6 is 0 Å². The molecular weight excluding hydrogens is 165 g/mol. The highest BCUT2D eigenvalue weighted by Gasteiger charge is 2.19. The van der Waals surface area contributed by atoms with Gasteiger partial charge >= 0.3 is 0 Å². The van der Waals surface area contributed by atoms with Gasteiger partial charge in [-0.2, -0.15) is 0 Å². The first kappa shape index (κ1) is 8.70. The Morgan fingerprint density at radius 2 is 2.38 bits per heavy atom. The first-order valence-electron chi connectivity index (χ1n) is 4.70. The molecule has 1 aliphatic rings. The minimum absolute atomic E-state index is 0.0800. The summed E-state index contributed by atoms with van der Waals surface area (Å²) >= 11 is 0. The fourth-order valence-electron chi connectivity index (χ4n) is 2.01. The fraction of sp³-hybridized carbons (Fsp3) is 0.455. The monoisotopic (exact) mass is 179 g/mol. The minimum atomic E-state index is -0.309. The molecule has 0 fully saturated rings. The molecule has 1 atom stereocenters. The highest BCUT2D eigenvalue weighted by Crippen LogP contribution is 2.25. The van der Waals surface area contributed by atoms with Crippen molar-refractivity contribution in [1.82, 2.24) is 5.32 Å². The standard InChI is InChI=1S/C11H14FN/c1-8-3-2-4-10-9(8)5-6-13-11(10)7-12/h2-4,11,13H,5-7H2,1H3. The van der Waals surface area contributed by atoms with Gasteiger partial charge < -0.3 is 5.32 Å². The van der Waals surface area contributed by atoms with Crippen LogP contribution in [0.15, 0.2) is 18.2 Å². The van der Waals surface area contributed by atoms with Crippen LogP contribution < -0.4 is 5.32 Å². The van der Waals surface area contributed by atoms with Crippen molar-refractivity contribution >= 4 is 0 Å². The van der Waals surface area contributed by atoms with Crippen LogP contribution in [0.1, 0.15) is 22.7 Å². The third-order valence-electron chi connectivity index (χ3n) is 2.74. The predicted molar refractivity (Wildman–Crippen MR) is 51.6 cm³/mol. The van der Waals surface area contributed by atoms with E-state index in [2.05, 4.69) is 18.3 Å². The van der Waals surface area contributed by atoms with Crippen molar-refractivity contribution in [2.75, 3.05) is 13.2 Å². The van der Waals surface area contributed by atoms with Crippen molar-refractivity contribution in [3.05, 3.63) is 34.9 Å². The molecular formula is C11H14FN. The second kappa shape index (κ2) is 3.46. The van der Waals surface area contributed by atoms with E-state index in [4.69, 9.17) is 0 Å². The number of fused-ring (bicyclic) bond motifs is 1. The minimum Gasteiger partial charge on any atom is -0.307 e. The molecule has 1 unspecified atom stereocenters. The number of nitrogens with one attached hydrogen (secondary N) is 1. The third-order valence-corrected chi connectivity index (χ3v) is 2.74. The second-order valence-electron chi connectivity index (χ2n) is 3.55. The molecule has 0 amide bonds. The maximum atomic E-state index is 12.6. The molecule has 0 aliphatic carbocycles. The van der Waals surface area contributed by atoms with E-state index >= 15 is 0 Å². The number of halogens is 1. The maximum absolute atomic E-state index is 12.6. The SMILES string of the molecule is Cc1cccc2c1CCNC2CF. The van der Waals surface area contributed by atoms with Crippen molar-refractivity contribution in [1.29, 1.82) is 0 Å². The van der Waals surface area contributed by atoms with E-state index in [0.717, 1.165) is 18.5 Å². The summed E-state index contributed by atoms with van der Waals surface area (Å²) in [5, 5.41) is 3.18. The van der Waals surface area contributed by atoms with Crippen LogP contribution in [0, 0.1) is 6.92 Å². The normalized spacial score (nSPS) is 21.2. The van der Waals surface area contributed by atoms with Crippen LogP contribution in [-0.4, -0.2) is 13.2 Å². The van der Waals surface area contributed by atoms with E-state index in [1.807, 2.05) is 12.1 Å². The Bertz CT molecular complexity index is 309. The molecule has 1 nitrogen and oxygen atoms in total. The van der Waals surface area contributed by atoms with Crippen LogP contribution in [0.3, 0.4) is 0 Å². The molecule has 0 bridgehead atoms. The van der Waals surface area contributed by atoms with Crippen LogP contribution in [0.5, 0.6) is 0 Å². The summed E-state index contributed by atoms with van der Waals surface area (Å²) in [7, 11) is 0. The molecule has 2 rings (SSSR count). The van der Waals surface area contributed by atoms with Crippen LogP contribution in [0.2, 0.25) is 0 Å². The molecule has 2 heteroatoms. The molecule has 1 N–H and O–H groups in total. The first-order chi connectivity index (χ1) is 6.33. The van der Waals surface area contributed by atoms with Crippen LogP contribution in [-0.2, 0) is 6.42 Å². The van der Waals surface area contributed by atoms with Crippen molar-refractivity contribution in [3.63, 3.8) is 0 Å². The van der Waals surface area contributed by atoms with Gasteiger partial charge in [0, 0.05) is 0 Å². The van der Waals surface area contributed by atoms with E-state index < -0.39 is 0 Å². The lowest BCUT2D eigenvalue weighted by atomic mass is 9.91. The Kier molecular flexibility index (Phi) is 2.32. The fourth-order valence-corrected chi connectivity index (χ4v) is 2.01. The van der Waals surface area contributed by atoms with Crippen LogP contribution in [0.4, 0.5) is 4.39 Å². The summed E-state index contributed by atoms with van der Waals surface area (Å²) in [6.45, 7) is 2.68. The number of hydrogen-bond donors (Lipinski definition) is 1. The van der Waals surface area contributed by atoms with Crippen molar-refractivity contribution < 1.29 is 4.39 Å². The number of rotatable bonds is 1. The van der Waals surface area contributed by atoms with Crippen molar-refractivity contribution in [2.24, 2.45) is 0 Å². The smallest absolute Gasteiger partial charge is 0.109 e. The van der Waals surface area contributed by atoms with E-state index in [1.54, 1.807) is 0 Å². The van der Waals surface area contributed by atoms with Crippen molar-refractivity contribution in [3.8, 4) is 0 Å². The average Bonchev–Trinajstić information content (AvgIpc) is 2.18. The second-order valence-corrected chi connectivity index (χ2v) is 3.55. The van der Waals surface area contributed by atoms with Crippen molar-refractivity contribution in [2.45, 2.75) is 19.4 Å². The summed E-state index contributed by atoms with van der Waals surface area (Å²) in [6.07, 6.45) is 1.03. The zero-order chi connectivity index (χ0) is 9.26. The van der Waals surface area contributed by atoms with Gasteiger partial charge in [0.1, 0.15) is 6.67 Å². The largest absolute Gasteiger partial charge is 0.307 e. The molecule has 0 spiro atoms. The highest BCUT2D eigenvalue weighted by atomic mass is 19.1. The number of benzene rings is 1. The number of alkyl halides is 1. The summed E-state index contributed by atoms with van der Waals surface area (Å²) < 4.78 is 12.6. The molecule has 1 heterocycles. The molecule has 0 saturated heterocycles. The maximum Gasteiger partial charge on any atom is 0.109 e. The molecule has 1 aliphatic heterocycles.